The van der Waals surface area contributed by atoms with E-state index in [-0.39, 0.29) is 23.7 Å². The normalized spacial score (nSPS) is 19.3. The van der Waals surface area contributed by atoms with E-state index in [0.717, 1.165) is 17.7 Å². The second-order valence-electron chi connectivity index (χ2n) is 7.18. The van der Waals surface area contributed by atoms with E-state index in [2.05, 4.69) is 11.6 Å². The first-order valence-corrected chi connectivity index (χ1v) is 9.69. The fourth-order valence-corrected chi connectivity index (χ4v) is 3.61. The summed E-state index contributed by atoms with van der Waals surface area (Å²) in [5.41, 5.74) is 15.0. The summed E-state index contributed by atoms with van der Waals surface area (Å²) in [6, 6.07) is 8.87. The maximum absolute atomic E-state index is 11.9. The minimum Gasteiger partial charge on any atom is -0.507 e. The predicted molar refractivity (Wildman–Crippen MR) is 115 cm³/mol. The number of amides is 1. The average Bonchev–Trinajstić information content (AvgIpc) is 3.32. The molecule has 7 heteroatoms. The summed E-state index contributed by atoms with van der Waals surface area (Å²) in [7, 11) is 0. The SMILES string of the molecule is C=CC(=O)N(CC)CC1CC(c2cc(/C=C(\N)c3ccccc3O)c(N)[nH]2)CO1. The highest BCUT2D eigenvalue weighted by atomic mass is 16.5. The van der Waals surface area contributed by atoms with Crippen molar-refractivity contribution in [1.29, 1.82) is 0 Å². The number of phenolic OH excluding ortho intramolecular Hbond substituents is 1. The molecule has 0 aliphatic carbocycles. The topological polar surface area (TPSA) is 118 Å². The first-order chi connectivity index (χ1) is 13.9. The van der Waals surface area contributed by atoms with Gasteiger partial charge in [0.05, 0.1) is 12.7 Å². The lowest BCUT2D eigenvalue weighted by atomic mass is 10.0. The molecular weight excluding hydrogens is 368 g/mol. The highest BCUT2D eigenvalue weighted by Gasteiger charge is 2.30. The first kappa shape index (κ1) is 20.5. The van der Waals surface area contributed by atoms with Crippen LogP contribution in [0, 0.1) is 0 Å². The van der Waals surface area contributed by atoms with Crippen LogP contribution in [0.1, 0.15) is 36.1 Å². The van der Waals surface area contributed by atoms with Crippen LogP contribution in [-0.4, -0.2) is 46.7 Å². The molecule has 29 heavy (non-hydrogen) atoms. The highest BCUT2D eigenvalue weighted by Crippen LogP contribution is 2.32. The summed E-state index contributed by atoms with van der Waals surface area (Å²) in [6.07, 6.45) is 3.84. The van der Waals surface area contributed by atoms with Gasteiger partial charge in [-0.2, -0.15) is 0 Å². The van der Waals surface area contributed by atoms with Gasteiger partial charge in [-0.05, 0) is 43.7 Å². The number of nitrogens with one attached hydrogen (secondary N) is 1. The number of hydrogen-bond donors (Lipinski definition) is 4. The van der Waals surface area contributed by atoms with Gasteiger partial charge >= 0.3 is 0 Å². The van der Waals surface area contributed by atoms with E-state index >= 15 is 0 Å². The van der Waals surface area contributed by atoms with E-state index in [0.29, 0.717) is 36.8 Å². The number of nitrogens with zero attached hydrogens (tertiary/aromatic N) is 1. The van der Waals surface area contributed by atoms with E-state index < -0.39 is 0 Å². The second kappa shape index (κ2) is 8.87. The molecule has 1 aliphatic rings. The van der Waals surface area contributed by atoms with Crippen LogP contribution in [0.4, 0.5) is 5.82 Å². The van der Waals surface area contributed by atoms with Crippen molar-refractivity contribution in [3.8, 4) is 5.75 Å². The molecule has 2 unspecified atom stereocenters. The van der Waals surface area contributed by atoms with Crippen LogP contribution in [0.3, 0.4) is 0 Å². The maximum Gasteiger partial charge on any atom is 0.246 e. The Morgan fingerprint density at radius 1 is 1.45 bits per heavy atom. The van der Waals surface area contributed by atoms with Crippen molar-refractivity contribution in [2.24, 2.45) is 5.73 Å². The van der Waals surface area contributed by atoms with Crippen molar-refractivity contribution in [2.45, 2.75) is 25.4 Å². The van der Waals surface area contributed by atoms with Crippen LogP contribution in [0.2, 0.25) is 0 Å². The second-order valence-corrected chi connectivity index (χ2v) is 7.18. The van der Waals surface area contributed by atoms with Crippen molar-refractivity contribution in [3.05, 3.63) is 59.8 Å². The van der Waals surface area contributed by atoms with Crippen LogP contribution in [-0.2, 0) is 9.53 Å². The number of aromatic nitrogens is 1. The number of H-pyrrole nitrogens is 1. The molecule has 0 saturated carbocycles. The zero-order valence-corrected chi connectivity index (χ0v) is 16.6. The number of likely N-dealkylation sites (N-methyl/N-ethyl adjacent to an activating group) is 1. The quantitative estimate of drug-likeness (QED) is 0.537. The lowest BCUT2D eigenvalue weighted by Gasteiger charge is -2.22. The third-order valence-corrected chi connectivity index (χ3v) is 5.24. The van der Waals surface area contributed by atoms with E-state index in [4.69, 9.17) is 16.2 Å². The number of benzene rings is 1. The first-order valence-electron chi connectivity index (χ1n) is 9.69. The average molecular weight is 396 g/mol. The van der Waals surface area contributed by atoms with Crippen LogP contribution in [0.25, 0.3) is 11.8 Å². The van der Waals surface area contributed by atoms with Gasteiger partial charge in [0.2, 0.25) is 5.91 Å². The Bertz CT molecular complexity index is 919. The fraction of sp³-hybridized carbons (Fsp3) is 0.318. The largest absolute Gasteiger partial charge is 0.507 e. The van der Waals surface area contributed by atoms with Gasteiger partial charge in [0.1, 0.15) is 11.6 Å². The van der Waals surface area contributed by atoms with Gasteiger partial charge in [-0.15, -0.1) is 0 Å². The molecule has 6 N–H and O–H groups in total. The van der Waals surface area contributed by atoms with E-state index in [9.17, 15) is 9.90 Å². The van der Waals surface area contributed by atoms with Crippen molar-refractivity contribution < 1.29 is 14.6 Å². The van der Waals surface area contributed by atoms with Crippen LogP contribution < -0.4 is 11.5 Å². The number of phenols is 1. The number of anilines is 1. The Hall–Kier alpha value is -3.19. The number of ether oxygens (including phenoxy) is 1. The Labute approximate surface area is 170 Å². The smallest absolute Gasteiger partial charge is 0.246 e. The number of nitrogens with two attached hydrogens (primary N) is 2. The summed E-state index contributed by atoms with van der Waals surface area (Å²) in [6.45, 7) is 7.20. The number of carbonyl (C=O) groups excluding carboxylic acids is 1. The molecule has 1 amide bonds. The molecule has 1 fully saturated rings. The van der Waals surface area contributed by atoms with Crippen molar-refractivity contribution >= 4 is 23.5 Å². The van der Waals surface area contributed by atoms with Crippen molar-refractivity contribution in [3.63, 3.8) is 0 Å². The summed E-state index contributed by atoms with van der Waals surface area (Å²) in [5.74, 6) is 0.708. The number of aromatic hydroxyl groups is 1. The Balaban J connectivity index is 1.71. The third-order valence-electron chi connectivity index (χ3n) is 5.24. The highest BCUT2D eigenvalue weighted by molar-refractivity contribution is 5.87. The molecule has 0 radical (unpaired) electrons. The molecule has 1 aromatic carbocycles. The van der Waals surface area contributed by atoms with E-state index in [1.165, 1.54) is 6.08 Å². The number of rotatable bonds is 7. The Morgan fingerprint density at radius 2 is 2.21 bits per heavy atom. The summed E-state index contributed by atoms with van der Waals surface area (Å²) >= 11 is 0. The molecule has 7 nitrogen and oxygen atoms in total. The molecule has 2 atom stereocenters. The molecule has 2 aromatic rings. The van der Waals surface area contributed by atoms with E-state index in [1.807, 2.05) is 19.1 Å². The fourth-order valence-electron chi connectivity index (χ4n) is 3.61. The molecule has 3 rings (SSSR count). The summed E-state index contributed by atoms with van der Waals surface area (Å²) < 4.78 is 5.90. The van der Waals surface area contributed by atoms with Gasteiger partial charge < -0.3 is 31.2 Å². The van der Waals surface area contributed by atoms with Gasteiger partial charge in [-0.3, -0.25) is 4.79 Å². The van der Waals surface area contributed by atoms with Crippen LogP contribution in [0.15, 0.2) is 43.0 Å². The van der Waals surface area contributed by atoms with Gasteiger partial charge in [0, 0.05) is 41.5 Å². The standard InChI is InChI=1S/C22H28N4O3/c1-3-21(28)26(4-2)12-16-9-15(13-29-16)19-11-14(22(24)25-19)10-18(23)17-7-5-6-8-20(17)27/h3,5-8,10-11,15-16,25,27H,1,4,9,12-13,23-24H2,2H3/b18-10-. The number of nitrogen functional groups attached to an aromatic ring is 1. The molecular formula is C22H28N4O3. The Kier molecular flexibility index (Phi) is 6.29. The molecule has 1 aliphatic heterocycles. The molecule has 0 spiro atoms. The van der Waals surface area contributed by atoms with Gasteiger partial charge in [-0.25, -0.2) is 0 Å². The number of hydrogen-bond acceptors (Lipinski definition) is 5. The third kappa shape index (κ3) is 4.63. The zero-order chi connectivity index (χ0) is 21.0. The van der Waals surface area contributed by atoms with Gasteiger partial charge in [-0.1, -0.05) is 18.7 Å². The van der Waals surface area contributed by atoms with Crippen LogP contribution in [0.5, 0.6) is 5.75 Å². The minimum absolute atomic E-state index is 0.0290. The van der Waals surface area contributed by atoms with Gasteiger partial charge in [0.15, 0.2) is 0 Å². The predicted octanol–water partition coefficient (Wildman–Crippen LogP) is 2.67. The summed E-state index contributed by atoms with van der Waals surface area (Å²) in [5, 5.41) is 9.97. The lowest BCUT2D eigenvalue weighted by molar-refractivity contribution is -0.127. The number of para-hydroxylation sites is 1. The summed E-state index contributed by atoms with van der Waals surface area (Å²) in [4.78, 5) is 16.8. The van der Waals surface area contributed by atoms with Gasteiger partial charge in [0.25, 0.3) is 0 Å². The number of aromatic amines is 1. The molecule has 1 saturated heterocycles. The molecule has 2 heterocycles. The lowest BCUT2D eigenvalue weighted by Crippen LogP contribution is -2.36. The maximum atomic E-state index is 11.9. The van der Waals surface area contributed by atoms with Crippen molar-refractivity contribution in [1.82, 2.24) is 9.88 Å². The Morgan fingerprint density at radius 3 is 2.90 bits per heavy atom. The monoisotopic (exact) mass is 396 g/mol. The molecule has 1 aromatic heterocycles. The molecule has 154 valence electrons. The van der Waals surface area contributed by atoms with Crippen molar-refractivity contribution in [2.75, 3.05) is 25.4 Å². The minimum atomic E-state index is -0.0873. The zero-order valence-electron chi connectivity index (χ0n) is 16.6. The van der Waals surface area contributed by atoms with Crippen LogP contribution >= 0.6 is 0 Å². The number of carbonyl (C=O) groups is 1. The van der Waals surface area contributed by atoms with E-state index in [1.54, 1.807) is 29.2 Å². The molecule has 0 bridgehead atoms.